The summed E-state index contributed by atoms with van der Waals surface area (Å²) in [5.74, 6) is -0.170. The predicted octanol–water partition coefficient (Wildman–Crippen LogP) is 2.06. The molecule has 104 valence electrons. The number of hydrogen-bond acceptors (Lipinski definition) is 8. The molecule has 0 aliphatic carbocycles. The molecule has 0 saturated heterocycles. The van der Waals surface area contributed by atoms with Gasteiger partial charge in [-0.3, -0.25) is 10.1 Å². The molecule has 0 aliphatic heterocycles. The van der Waals surface area contributed by atoms with Gasteiger partial charge in [0.1, 0.15) is 17.7 Å². The van der Waals surface area contributed by atoms with Crippen LogP contribution in [0.2, 0.25) is 0 Å². The maximum atomic E-state index is 11.1. The van der Waals surface area contributed by atoms with Crippen LogP contribution in [0.5, 0.6) is 0 Å². The summed E-state index contributed by atoms with van der Waals surface area (Å²) >= 11 is 1.06. The van der Waals surface area contributed by atoms with Gasteiger partial charge in [-0.05, 0) is 17.8 Å². The molecule has 0 bridgehead atoms. The van der Waals surface area contributed by atoms with E-state index < -0.39 is 4.92 Å². The largest absolute Gasteiger partial charge is 0.378 e. The Labute approximate surface area is 122 Å². The number of nitrogens with zero attached hydrogens (tertiary/aromatic N) is 5. The van der Waals surface area contributed by atoms with Crippen molar-refractivity contribution >= 4 is 34.2 Å². The second kappa shape index (κ2) is 5.29. The molecule has 0 fully saturated rings. The van der Waals surface area contributed by atoms with Gasteiger partial charge in [0.15, 0.2) is 5.03 Å². The third kappa shape index (κ3) is 2.46. The molecule has 9 heteroatoms. The number of fused-ring (bicyclic) bond motifs is 1. The molecule has 1 aromatic carbocycles. The SMILES string of the molecule is Nc1ncnc(Sc2ncnc3ccccc23)c1[N+](=O)[O-]. The lowest BCUT2D eigenvalue weighted by Gasteiger charge is -2.05. The minimum atomic E-state index is -0.596. The van der Waals surface area contributed by atoms with Crippen LogP contribution in [0.4, 0.5) is 11.5 Å². The number of nitro groups is 1. The molecule has 3 aromatic rings. The van der Waals surface area contributed by atoms with Crippen molar-refractivity contribution in [3.8, 4) is 0 Å². The van der Waals surface area contributed by atoms with Gasteiger partial charge in [0, 0.05) is 5.39 Å². The zero-order valence-corrected chi connectivity index (χ0v) is 11.3. The van der Waals surface area contributed by atoms with Crippen molar-refractivity contribution in [2.75, 3.05) is 5.73 Å². The Kier molecular flexibility index (Phi) is 3.32. The Morgan fingerprint density at radius 3 is 2.57 bits per heavy atom. The Morgan fingerprint density at radius 2 is 1.76 bits per heavy atom. The van der Waals surface area contributed by atoms with Crippen molar-refractivity contribution in [1.82, 2.24) is 19.9 Å². The number of rotatable bonds is 3. The van der Waals surface area contributed by atoms with E-state index in [9.17, 15) is 10.1 Å². The fraction of sp³-hybridized carbons (Fsp3) is 0. The normalized spacial score (nSPS) is 10.7. The number of para-hydroxylation sites is 1. The molecule has 0 aliphatic rings. The molecule has 0 unspecified atom stereocenters. The van der Waals surface area contributed by atoms with Gasteiger partial charge in [-0.15, -0.1) is 0 Å². The van der Waals surface area contributed by atoms with Gasteiger partial charge in [-0.25, -0.2) is 19.9 Å². The molecule has 0 radical (unpaired) electrons. The first-order valence-corrected chi connectivity index (χ1v) is 6.61. The molecule has 2 aromatic heterocycles. The average molecular weight is 300 g/mol. The summed E-state index contributed by atoms with van der Waals surface area (Å²) in [4.78, 5) is 26.4. The summed E-state index contributed by atoms with van der Waals surface area (Å²) in [5, 5.41) is 12.6. The van der Waals surface area contributed by atoms with Crippen molar-refractivity contribution in [3.63, 3.8) is 0 Å². The highest BCUT2D eigenvalue weighted by atomic mass is 32.2. The fourth-order valence-electron chi connectivity index (χ4n) is 1.77. The van der Waals surface area contributed by atoms with Crippen molar-refractivity contribution < 1.29 is 4.92 Å². The van der Waals surface area contributed by atoms with Crippen molar-refractivity contribution in [2.24, 2.45) is 0 Å². The molecular weight excluding hydrogens is 292 g/mol. The van der Waals surface area contributed by atoms with E-state index in [4.69, 9.17) is 5.73 Å². The predicted molar refractivity (Wildman–Crippen MR) is 76.8 cm³/mol. The van der Waals surface area contributed by atoms with E-state index in [-0.39, 0.29) is 16.5 Å². The van der Waals surface area contributed by atoms with Crippen LogP contribution in [-0.4, -0.2) is 24.9 Å². The minimum Gasteiger partial charge on any atom is -0.378 e. The summed E-state index contributed by atoms with van der Waals surface area (Å²) in [6.07, 6.45) is 2.59. The highest BCUT2D eigenvalue weighted by molar-refractivity contribution is 7.99. The number of aromatic nitrogens is 4. The first-order chi connectivity index (χ1) is 10.2. The van der Waals surface area contributed by atoms with Crippen LogP contribution in [0.1, 0.15) is 0 Å². The van der Waals surface area contributed by atoms with Gasteiger partial charge in [-0.1, -0.05) is 18.2 Å². The summed E-state index contributed by atoms with van der Waals surface area (Å²) in [7, 11) is 0. The Bertz CT molecular complexity index is 836. The van der Waals surface area contributed by atoms with Crippen molar-refractivity contribution in [1.29, 1.82) is 0 Å². The topological polar surface area (TPSA) is 121 Å². The maximum Gasteiger partial charge on any atom is 0.343 e. The summed E-state index contributed by atoms with van der Waals surface area (Å²) in [6, 6.07) is 7.38. The lowest BCUT2D eigenvalue weighted by molar-refractivity contribution is -0.387. The molecule has 8 nitrogen and oxygen atoms in total. The fourth-order valence-corrected chi connectivity index (χ4v) is 2.72. The number of hydrogen-bond donors (Lipinski definition) is 1. The molecular formula is C12H8N6O2S. The van der Waals surface area contributed by atoms with Gasteiger partial charge in [0.2, 0.25) is 5.82 Å². The molecule has 0 saturated carbocycles. The van der Waals surface area contributed by atoms with Crippen LogP contribution in [0.3, 0.4) is 0 Å². The summed E-state index contributed by atoms with van der Waals surface area (Å²) < 4.78 is 0. The summed E-state index contributed by atoms with van der Waals surface area (Å²) in [6.45, 7) is 0. The standard InChI is InChI=1S/C12H8N6O2S/c13-10-9(18(19)20)12(17-6-15-10)21-11-7-3-1-2-4-8(7)14-5-16-11/h1-6H,(H2,13,15,17). The molecule has 0 spiro atoms. The van der Waals surface area contributed by atoms with E-state index in [1.54, 1.807) is 0 Å². The molecule has 0 atom stereocenters. The van der Waals surface area contributed by atoms with Gasteiger partial charge >= 0.3 is 5.69 Å². The van der Waals surface area contributed by atoms with E-state index in [1.165, 1.54) is 12.7 Å². The lowest BCUT2D eigenvalue weighted by atomic mass is 10.2. The van der Waals surface area contributed by atoms with Gasteiger partial charge < -0.3 is 5.73 Å². The van der Waals surface area contributed by atoms with Crippen LogP contribution in [0.25, 0.3) is 10.9 Å². The third-order valence-electron chi connectivity index (χ3n) is 2.70. The van der Waals surface area contributed by atoms with E-state index in [1.807, 2.05) is 24.3 Å². The zero-order chi connectivity index (χ0) is 14.8. The molecule has 0 amide bonds. The highest BCUT2D eigenvalue weighted by Gasteiger charge is 2.22. The summed E-state index contributed by atoms with van der Waals surface area (Å²) in [5.41, 5.74) is 5.98. The quantitative estimate of drug-likeness (QED) is 0.443. The first kappa shape index (κ1) is 13.2. The molecule has 2 heterocycles. The van der Waals surface area contributed by atoms with Crippen molar-refractivity contribution in [2.45, 2.75) is 10.1 Å². The average Bonchev–Trinajstić information content (AvgIpc) is 2.47. The number of nitrogens with two attached hydrogens (primary N) is 1. The van der Waals surface area contributed by atoms with Gasteiger partial charge in [0.05, 0.1) is 10.4 Å². The van der Waals surface area contributed by atoms with Crippen LogP contribution in [0.15, 0.2) is 47.0 Å². The molecule has 21 heavy (non-hydrogen) atoms. The Morgan fingerprint density at radius 1 is 1.05 bits per heavy atom. The molecule has 3 rings (SSSR count). The number of benzene rings is 1. The van der Waals surface area contributed by atoms with Crippen LogP contribution >= 0.6 is 11.8 Å². The van der Waals surface area contributed by atoms with E-state index in [2.05, 4.69) is 19.9 Å². The van der Waals surface area contributed by atoms with Gasteiger partial charge in [0.25, 0.3) is 0 Å². The van der Waals surface area contributed by atoms with E-state index >= 15 is 0 Å². The van der Waals surface area contributed by atoms with Crippen LogP contribution in [0, 0.1) is 10.1 Å². The Hall–Kier alpha value is -2.81. The third-order valence-corrected chi connectivity index (χ3v) is 3.71. The minimum absolute atomic E-state index is 0.149. The van der Waals surface area contributed by atoms with Crippen molar-refractivity contribution in [3.05, 3.63) is 47.0 Å². The number of nitrogen functional groups attached to an aromatic ring is 1. The smallest absolute Gasteiger partial charge is 0.343 e. The van der Waals surface area contributed by atoms with Gasteiger partial charge in [-0.2, -0.15) is 0 Å². The van der Waals surface area contributed by atoms with Crippen LogP contribution in [-0.2, 0) is 0 Å². The zero-order valence-electron chi connectivity index (χ0n) is 10.5. The first-order valence-electron chi connectivity index (χ1n) is 5.79. The Balaban J connectivity index is 2.12. The number of anilines is 1. The highest BCUT2D eigenvalue weighted by Crippen LogP contribution is 2.36. The monoisotopic (exact) mass is 300 g/mol. The molecule has 2 N–H and O–H groups in total. The van der Waals surface area contributed by atoms with Crippen LogP contribution < -0.4 is 5.73 Å². The van der Waals surface area contributed by atoms with E-state index in [0.29, 0.717) is 5.03 Å². The maximum absolute atomic E-state index is 11.1. The second-order valence-corrected chi connectivity index (χ2v) is 4.95. The second-order valence-electron chi connectivity index (χ2n) is 3.97. The lowest BCUT2D eigenvalue weighted by Crippen LogP contribution is -2.02. The van der Waals surface area contributed by atoms with E-state index in [0.717, 1.165) is 22.7 Å².